The molecular weight excluding hydrogens is 274 g/mol. The first kappa shape index (κ1) is 16.3. The van der Waals surface area contributed by atoms with E-state index in [1.165, 1.54) is 0 Å². The molecule has 0 radical (unpaired) electrons. The van der Waals surface area contributed by atoms with Crippen LogP contribution in [0.3, 0.4) is 0 Å². The molecule has 4 nitrogen and oxygen atoms in total. The maximum Gasteiger partial charge on any atom is 0.253 e. The van der Waals surface area contributed by atoms with Crippen LogP contribution >= 0.6 is 0 Å². The Hall–Kier alpha value is -2.07. The fourth-order valence-electron chi connectivity index (χ4n) is 2.55. The number of amides is 1. The van der Waals surface area contributed by atoms with Crippen LogP contribution < -0.4 is 5.32 Å². The molecule has 1 amide bonds. The Morgan fingerprint density at radius 3 is 2.50 bits per heavy atom. The molecule has 118 valence electrons. The number of carbonyl (C=O) groups is 1. The van der Waals surface area contributed by atoms with Gasteiger partial charge in [-0.2, -0.15) is 0 Å². The summed E-state index contributed by atoms with van der Waals surface area (Å²) in [7, 11) is 4.11. The largest absolute Gasteiger partial charge is 0.348 e. The van der Waals surface area contributed by atoms with Crippen molar-refractivity contribution < 1.29 is 4.79 Å². The van der Waals surface area contributed by atoms with Gasteiger partial charge in [0.25, 0.3) is 5.91 Å². The summed E-state index contributed by atoms with van der Waals surface area (Å²) in [6.45, 7) is 6.48. The number of nitrogens with zero attached hydrogens (tertiary/aromatic N) is 2. The monoisotopic (exact) mass is 299 g/mol. The van der Waals surface area contributed by atoms with E-state index in [1.807, 2.05) is 43.3 Å². The number of nitrogens with one attached hydrogen (secondary N) is 1. The molecule has 0 fully saturated rings. The van der Waals surface area contributed by atoms with Crippen molar-refractivity contribution in [3.8, 4) is 0 Å². The van der Waals surface area contributed by atoms with Crippen LogP contribution in [0.5, 0.6) is 0 Å². The van der Waals surface area contributed by atoms with E-state index in [-0.39, 0.29) is 5.91 Å². The lowest BCUT2D eigenvalue weighted by Gasteiger charge is -2.14. The van der Waals surface area contributed by atoms with Crippen molar-refractivity contribution in [2.45, 2.75) is 26.9 Å². The number of benzene rings is 1. The van der Waals surface area contributed by atoms with E-state index in [4.69, 9.17) is 0 Å². The highest BCUT2D eigenvalue weighted by molar-refractivity contribution is 5.95. The molecule has 2 rings (SSSR count). The normalized spacial score (nSPS) is 11.0. The van der Waals surface area contributed by atoms with Crippen LogP contribution in [0.2, 0.25) is 0 Å². The van der Waals surface area contributed by atoms with E-state index in [1.54, 1.807) is 0 Å². The fourth-order valence-corrected chi connectivity index (χ4v) is 2.55. The molecule has 2 aromatic rings. The van der Waals surface area contributed by atoms with Crippen molar-refractivity contribution in [1.82, 2.24) is 14.8 Å². The third-order valence-electron chi connectivity index (χ3n) is 3.88. The van der Waals surface area contributed by atoms with Crippen molar-refractivity contribution in [3.05, 3.63) is 58.9 Å². The molecule has 0 unspecified atom stereocenters. The highest BCUT2D eigenvalue weighted by atomic mass is 16.1. The molecule has 0 atom stereocenters. The van der Waals surface area contributed by atoms with Gasteiger partial charge in [-0.15, -0.1) is 0 Å². The van der Waals surface area contributed by atoms with E-state index < -0.39 is 0 Å². The predicted octanol–water partition coefficient (Wildman–Crippen LogP) is 2.60. The number of rotatable bonds is 6. The first-order valence-electron chi connectivity index (χ1n) is 7.62. The second kappa shape index (κ2) is 7.27. The zero-order valence-electron chi connectivity index (χ0n) is 13.9. The molecule has 0 saturated heterocycles. The molecular formula is C18H25N3O. The molecule has 0 saturated carbocycles. The lowest BCUT2D eigenvalue weighted by atomic mass is 10.2. The first-order chi connectivity index (χ1) is 10.5. The molecule has 0 aliphatic rings. The molecule has 0 spiro atoms. The molecule has 1 heterocycles. The van der Waals surface area contributed by atoms with E-state index in [0.29, 0.717) is 6.54 Å². The van der Waals surface area contributed by atoms with Gasteiger partial charge in [0.1, 0.15) is 0 Å². The van der Waals surface area contributed by atoms with Gasteiger partial charge in [0.05, 0.1) is 5.56 Å². The zero-order chi connectivity index (χ0) is 16.1. The van der Waals surface area contributed by atoms with Gasteiger partial charge in [-0.05, 0) is 39.6 Å². The Kier molecular flexibility index (Phi) is 5.39. The molecule has 0 aliphatic heterocycles. The zero-order valence-corrected chi connectivity index (χ0v) is 13.9. The third kappa shape index (κ3) is 3.98. The summed E-state index contributed by atoms with van der Waals surface area (Å²) in [5.74, 6) is -0.00643. The maximum absolute atomic E-state index is 12.4. The first-order valence-corrected chi connectivity index (χ1v) is 7.62. The molecule has 1 aromatic heterocycles. The van der Waals surface area contributed by atoms with Crippen molar-refractivity contribution in [2.24, 2.45) is 0 Å². The number of aromatic nitrogens is 1. The molecule has 4 heteroatoms. The van der Waals surface area contributed by atoms with Crippen LogP contribution in [0.25, 0.3) is 0 Å². The topological polar surface area (TPSA) is 37.3 Å². The van der Waals surface area contributed by atoms with E-state index in [9.17, 15) is 4.79 Å². The van der Waals surface area contributed by atoms with Crippen LogP contribution in [0.15, 0.2) is 36.4 Å². The Labute approximate surface area is 132 Å². The minimum atomic E-state index is -0.00643. The standard InChI is InChI=1S/C18H25N3O/c1-14-12-17(15(2)21(14)11-10-20(3)4)18(22)19-13-16-8-6-5-7-9-16/h5-9,12H,10-11,13H2,1-4H3,(H,19,22). The van der Waals surface area contributed by atoms with Crippen LogP contribution in [0, 0.1) is 13.8 Å². The fraction of sp³-hybridized carbons (Fsp3) is 0.389. The lowest BCUT2D eigenvalue weighted by molar-refractivity contribution is 0.0950. The number of carbonyl (C=O) groups excluding carboxylic acids is 1. The average molecular weight is 299 g/mol. The second-order valence-electron chi connectivity index (χ2n) is 5.91. The van der Waals surface area contributed by atoms with Crippen LogP contribution in [0.1, 0.15) is 27.3 Å². The van der Waals surface area contributed by atoms with Crippen molar-refractivity contribution >= 4 is 5.91 Å². The molecule has 1 aromatic carbocycles. The Balaban J connectivity index is 2.05. The van der Waals surface area contributed by atoms with E-state index >= 15 is 0 Å². The summed E-state index contributed by atoms with van der Waals surface area (Å²) < 4.78 is 2.21. The van der Waals surface area contributed by atoms with Gasteiger partial charge in [0.2, 0.25) is 0 Å². The summed E-state index contributed by atoms with van der Waals surface area (Å²) in [5.41, 5.74) is 4.04. The minimum Gasteiger partial charge on any atom is -0.348 e. The highest BCUT2D eigenvalue weighted by Crippen LogP contribution is 2.15. The summed E-state index contributed by atoms with van der Waals surface area (Å²) in [6.07, 6.45) is 0. The predicted molar refractivity (Wildman–Crippen MR) is 90.1 cm³/mol. The smallest absolute Gasteiger partial charge is 0.253 e. The van der Waals surface area contributed by atoms with Gasteiger partial charge in [-0.1, -0.05) is 30.3 Å². The van der Waals surface area contributed by atoms with Crippen molar-refractivity contribution in [3.63, 3.8) is 0 Å². The molecule has 1 N–H and O–H groups in total. The number of hydrogen-bond acceptors (Lipinski definition) is 2. The Bertz CT molecular complexity index is 629. The maximum atomic E-state index is 12.4. The highest BCUT2D eigenvalue weighted by Gasteiger charge is 2.15. The average Bonchev–Trinajstić information content (AvgIpc) is 2.78. The number of hydrogen-bond donors (Lipinski definition) is 1. The van der Waals surface area contributed by atoms with Gasteiger partial charge >= 0.3 is 0 Å². The summed E-state index contributed by atoms with van der Waals surface area (Å²) in [4.78, 5) is 14.6. The van der Waals surface area contributed by atoms with Gasteiger partial charge in [0.15, 0.2) is 0 Å². The minimum absolute atomic E-state index is 0.00643. The van der Waals surface area contributed by atoms with E-state index in [2.05, 4.69) is 35.8 Å². The number of likely N-dealkylation sites (N-methyl/N-ethyl adjacent to an activating group) is 1. The lowest BCUT2D eigenvalue weighted by Crippen LogP contribution is -2.24. The van der Waals surface area contributed by atoms with Gasteiger partial charge in [-0.3, -0.25) is 4.79 Å². The van der Waals surface area contributed by atoms with Crippen LogP contribution in [-0.4, -0.2) is 36.0 Å². The molecule has 22 heavy (non-hydrogen) atoms. The molecule has 0 aliphatic carbocycles. The van der Waals surface area contributed by atoms with Crippen molar-refractivity contribution in [2.75, 3.05) is 20.6 Å². The Morgan fingerprint density at radius 2 is 1.86 bits per heavy atom. The summed E-state index contributed by atoms with van der Waals surface area (Å²) in [5, 5.41) is 3.00. The summed E-state index contributed by atoms with van der Waals surface area (Å²) >= 11 is 0. The van der Waals surface area contributed by atoms with E-state index in [0.717, 1.165) is 35.6 Å². The molecule has 0 bridgehead atoms. The van der Waals surface area contributed by atoms with Gasteiger partial charge in [-0.25, -0.2) is 0 Å². The number of aryl methyl sites for hydroxylation is 1. The van der Waals surface area contributed by atoms with Crippen molar-refractivity contribution in [1.29, 1.82) is 0 Å². The van der Waals surface area contributed by atoms with Crippen LogP contribution in [-0.2, 0) is 13.1 Å². The Morgan fingerprint density at radius 1 is 1.18 bits per heavy atom. The quantitative estimate of drug-likeness (QED) is 0.890. The second-order valence-corrected chi connectivity index (χ2v) is 5.91. The SMILES string of the molecule is Cc1cc(C(=O)NCc2ccccc2)c(C)n1CCN(C)C. The third-order valence-corrected chi connectivity index (χ3v) is 3.88. The van der Waals surface area contributed by atoms with Gasteiger partial charge in [0, 0.05) is 31.0 Å². The summed E-state index contributed by atoms with van der Waals surface area (Å²) in [6, 6.07) is 11.9. The van der Waals surface area contributed by atoms with Gasteiger partial charge < -0.3 is 14.8 Å². The van der Waals surface area contributed by atoms with Crippen LogP contribution in [0.4, 0.5) is 0 Å².